The summed E-state index contributed by atoms with van der Waals surface area (Å²) in [7, 11) is 4.00. The fourth-order valence-electron chi connectivity index (χ4n) is 3.10. The third-order valence-electron chi connectivity index (χ3n) is 4.59. The first-order valence-corrected chi connectivity index (χ1v) is 10.2. The molecule has 2 heterocycles. The van der Waals surface area contributed by atoms with Crippen molar-refractivity contribution in [1.82, 2.24) is 18.6 Å². The molecular formula is C22H28N4OS. The molecule has 0 aliphatic rings. The van der Waals surface area contributed by atoms with Crippen LogP contribution in [0.25, 0.3) is 22.0 Å². The van der Waals surface area contributed by atoms with E-state index in [0.29, 0.717) is 0 Å². The van der Waals surface area contributed by atoms with Gasteiger partial charge in [0.15, 0.2) is 0 Å². The van der Waals surface area contributed by atoms with Crippen LogP contribution in [0.2, 0.25) is 0 Å². The summed E-state index contributed by atoms with van der Waals surface area (Å²) in [6, 6.07) is 10.4. The molecule has 6 heteroatoms. The third kappa shape index (κ3) is 4.29. The number of nitrogens with one attached hydrogen (secondary N) is 1. The zero-order valence-electron chi connectivity index (χ0n) is 17.4. The second-order valence-electron chi connectivity index (χ2n) is 8.22. The first kappa shape index (κ1) is 20.6. The molecule has 0 radical (unpaired) electrons. The van der Waals surface area contributed by atoms with Crippen LogP contribution in [0, 0.1) is 5.41 Å². The first-order chi connectivity index (χ1) is 13.2. The van der Waals surface area contributed by atoms with Gasteiger partial charge < -0.3 is 0 Å². The van der Waals surface area contributed by atoms with Crippen molar-refractivity contribution < 1.29 is 4.79 Å². The number of hydrogen-bond donors (Lipinski definition) is 1. The van der Waals surface area contributed by atoms with Crippen molar-refractivity contribution in [3.63, 3.8) is 0 Å². The van der Waals surface area contributed by atoms with Gasteiger partial charge in [0.1, 0.15) is 0 Å². The SMILES string of the molecule is CC(NSN(C)C)c1cn(C(=O)C(C)(C)C)c2cc(-c3ccncc3)ccc12. The number of benzene rings is 1. The van der Waals surface area contributed by atoms with Gasteiger partial charge in [-0.3, -0.25) is 14.3 Å². The van der Waals surface area contributed by atoms with Crippen LogP contribution >= 0.6 is 12.1 Å². The van der Waals surface area contributed by atoms with Gasteiger partial charge in [-0.15, -0.1) is 0 Å². The number of fused-ring (bicyclic) bond motifs is 1. The Labute approximate surface area is 171 Å². The predicted molar refractivity (Wildman–Crippen MR) is 118 cm³/mol. The lowest BCUT2D eigenvalue weighted by atomic mass is 9.95. The summed E-state index contributed by atoms with van der Waals surface area (Å²) in [6.45, 7) is 7.99. The maximum atomic E-state index is 13.1. The number of carbonyl (C=O) groups excluding carboxylic acids is 1. The standard InChI is InChI=1S/C22H28N4OS/c1-15(24-28-25(5)6)19-14-26(21(27)22(2,3)4)20-13-17(7-8-18(19)20)16-9-11-23-12-10-16/h7-15,24H,1-6H3. The molecule has 0 saturated carbocycles. The van der Waals surface area contributed by atoms with Gasteiger partial charge in [0.25, 0.3) is 0 Å². The van der Waals surface area contributed by atoms with Gasteiger partial charge >= 0.3 is 0 Å². The molecule has 2 aromatic heterocycles. The lowest BCUT2D eigenvalue weighted by molar-refractivity contribution is 0.0772. The first-order valence-electron chi connectivity index (χ1n) is 9.38. The number of rotatable bonds is 5. The highest BCUT2D eigenvalue weighted by atomic mass is 32.2. The third-order valence-corrected chi connectivity index (χ3v) is 5.41. The minimum Gasteiger partial charge on any atom is -0.286 e. The second kappa shape index (κ2) is 8.07. The number of aromatic nitrogens is 2. The molecule has 0 aliphatic heterocycles. The van der Waals surface area contributed by atoms with E-state index < -0.39 is 5.41 Å². The Morgan fingerprint density at radius 3 is 2.43 bits per heavy atom. The van der Waals surface area contributed by atoms with Gasteiger partial charge in [-0.1, -0.05) is 32.9 Å². The number of nitrogens with zero attached hydrogens (tertiary/aromatic N) is 3. The smallest absolute Gasteiger partial charge is 0.236 e. The summed E-state index contributed by atoms with van der Waals surface area (Å²) in [6.07, 6.45) is 5.56. The summed E-state index contributed by atoms with van der Waals surface area (Å²) < 4.78 is 7.26. The van der Waals surface area contributed by atoms with E-state index in [-0.39, 0.29) is 11.9 Å². The van der Waals surface area contributed by atoms with Crippen molar-refractivity contribution >= 4 is 28.9 Å². The summed E-state index contributed by atoms with van der Waals surface area (Å²) in [5.74, 6) is 0.0862. The van der Waals surface area contributed by atoms with E-state index in [4.69, 9.17) is 0 Å². The minimum atomic E-state index is -0.467. The molecule has 0 aliphatic carbocycles. The van der Waals surface area contributed by atoms with Gasteiger partial charge in [-0.25, -0.2) is 9.03 Å². The predicted octanol–water partition coefficient (Wildman–Crippen LogP) is 5.17. The molecule has 28 heavy (non-hydrogen) atoms. The van der Waals surface area contributed by atoms with E-state index in [9.17, 15) is 4.79 Å². The number of pyridine rings is 1. The van der Waals surface area contributed by atoms with Crippen LogP contribution in [0.4, 0.5) is 0 Å². The van der Waals surface area contributed by atoms with Crippen molar-refractivity contribution in [3.05, 3.63) is 54.5 Å². The van der Waals surface area contributed by atoms with Crippen molar-refractivity contribution in [3.8, 4) is 11.1 Å². The van der Waals surface area contributed by atoms with Gasteiger partial charge in [-0.2, -0.15) is 0 Å². The Morgan fingerprint density at radius 2 is 1.82 bits per heavy atom. The fraction of sp³-hybridized carbons (Fsp3) is 0.364. The van der Waals surface area contributed by atoms with Gasteiger partial charge in [-0.05, 0) is 55.9 Å². The van der Waals surface area contributed by atoms with Crippen molar-refractivity contribution in [2.75, 3.05) is 14.1 Å². The van der Waals surface area contributed by atoms with Crippen molar-refractivity contribution in [1.29, 1.82) is 0 Å². The van der Waals surface area contributed by atoms with Crippen LogP contribution in [0.1, 0.15) is 44.1 Å². The molecule has 0 saturated heterocycles. The molecule has 5 nitrogen and oxygen atoms in total. The van der Waals surface area contributed by atoms with Gasteiger partial charge in [0, 0.05) is 47.6 Å². The highest BCUT2D eigenvalue weighted by molar-refractivity contribution is 7.95. The number of carbonyl (C=O) groups is 1. The Balaban J connectivity index is 2.14. The molecule has 1 atom stereocenters. The van der Waals surface area contributed by atoms with Crippen LogP contribution in [0.3, 0.4) is 0 Å². The monoisotopic (exact) mass is 396 g/mol. The van der Waals surface area contributed by atoms with Crippen LogP contribution in [0.15, 0.2) is 48.9 Å². The summed E-state index contributed by atoms with van der Waals surface area (Å²) in [4.78, 5) is 17.2. The topological polar surface area (TPSA) is 50.2 Å². The minimum absolute atomic E-state index is 0.0862. The molecule has 1 aromatic carbocycles. The molecule has 148 valence electrons. The highest BCUT2D eigenvalue weighted by Crippen LogP contribution is 2.33. The molecule has 1 N–H and O–H groups in total. The zero-order valence-corrected chi connectivity index (χ0v) is 18.2. The fourth-order valence-corrected chi connectivity index (χ4v) is 3.60. The van der Waals surface area contributed by atoms with E-state index in [1.165, 1.54) is 0 Å². The maximum Gasteiger partial charge on any atom is 0.236 e. The van der Waals surface area contributed by atoms with Crippen molar-refractivity contribution in [2.24, 2.45) is 5.41 Å². The highest BCUT2D eigenvalue weighted by Gasteiger charge is 2.26. The molecule has 3 aromatic rings. The molecule has 0 spiro atoms. The van der Waals surface area contributed by atoms with E-state index >= 15 is 0 Å². The molecule has 1 unspecified atom stereocenters. The maximum absolute atomic E-state index is 13.1. The lowest BCUT2D eigenvalue weighted by Crippen LogP contribution is -2.26. The Morgan fingerprint density at radius 1 is 1.14 bits per heavy atom. The largest absolute Gasteiger partial charge is 0.286 e. The summed E-state index contributed by atoms with van der Waals surface area (Å²) in [5.41, 5.74) is 3.75. The van der Waals surface area contributed by atoms with E-state index in [1.807, 2.05) is 62.1 Å². The van der Waals surface area contributed by atoms with Crippen molar-refractivity contribution in [2.45, 2.75) is 33.7 Å². The summed E-state index contributed by atoms with van der Waals surface area (Å²) >= 11 is 1.55. The Hall–Kier alpha value is -2.15. The van der Waals surface area contributed by atoms with E-state index in [0.717, 1.165) is 27.6 Å². The van der Waals surface area contributed by atoms with E-state index in [1.54, 1.807) is 24.5 Å². The normalized spacial score (nSPS) is 13.2. The van der Waals surface area contributed by atoms with Crippen LogP contribution < -0.4 is 4.72 Å². The quantitative estimate of drug-likeness (QED) is 0.603. The zero-order chi connectivity index (χ0) is 20.5. The molecular weight excluding hydrogens is 368 g/mol. The summed E-state index contributed by atoms with van der Waals surface area (Å²) in [5, 5.41) is 1.09. The Bertz CT molecular complexity index is 973. The second-order valence-corrected chi connectivity index (χ2v) is 9.37. The Kier molecular flexibility index (Phi) is 5.93. The van der Waals surface area contributed by atoms with E-state index in [2.05, 4.69) is 34.8 Å². The van der Waals surface area contributed by atoms with Crippen LogP contribution in [-0.2, 0) is 0 Å². The number of hydrogen-bond acceptors (Lipinski definition) is 5. The van der Waals surface area contributed by atoms with Crippen LogP contribution in [0.5, 0.6) is 0 Å². The van der Waals surface area contributed by atoms with Crippen LogP contribution in [-0.4, -0.2) is 33.9 Å². The van der Waals surface area contributed by atoms with Gasteiger partial charge in [0.2, 0.25) is 5.91 Å². The molecule has 0 bridgehead atoms. The molecule has 0 fully saturated rings. The lowest BCUT2D eigenvalue weighted by Gasteiger charge is -2.18. The molecule has 3 rings (SSSR count). The molecule has 0 amide bonds. The average Bonchev–Trinajstić information content (AvgIpc) is 3.04. The average molecular weight is 397 g/mol. The van der Waals surface area contributed by atoms with Gasteiger partial charge in [0.05, 0.1) is 5.52 Å².